The molecule has 0 unspecified atom stereocenters. The lowest BCUT2D eigenvalue weighted by Gasteiger charge is -2.39. The van der Waals surface area contributed by atoms with Crippen LogP contribution in [-0.4, -0.2) is 51.8 Å². The molecule has 1 amide bonds. The largest absolute Gasteiger partial charge is 0.430 e. The highest BCUT2D eigenvalue weighted by Crippen LogP contribution is 2.28. The summed E-state index contributed by atoms with van der Waals surface area (Å²) in [7, 11) is 0. The molecular weight excluding hydrogens is 390 g/mol. The van der Waals surface area contributed by atoms with E-state index in [2.05, 4.69) is 32.1 Å². The minimum absolute atomic E-state index is 0.0552. The zero-order valence-electron chi connectivity index (χ0n) is 16.3. The molecule has 1 atom stereocenters. The molecule has 1 fully saturated rings. The second kappa shape index (κ2) is 8.18. The molecule has 10 heteroatoms. The maximum Gasteiger partial charge on any atom is 0.430 e. The molecule has 0 aliphatic carbocycles. The summed E-state index contributed by atoms with van der Waals surface area (Å²) in [5, 5.41) is 4.43. The molecule has 1 aromatic carbocycles. The number of nitrogens with zero attached hydrogens (tertiary/aromatic N) is 5. The Morgan fingerprint density at radius 2 is 2.10 bits per heavy atom. The lowest BCUT2D eigenvalue weighted by atomic mass is 10.1. The maximum atomic E-state index is 12.2. The standard InChI is InChI=1S/C19H23N7O2S/c1-3-13-4-6-14(7-5-13)22-19(27)28-25-8-9-26(12(2)10-25)16-15-17(29-11-21-15)24-18(20)23-16/h4-7,11-12H,3,8-10H2,1-2H3,(H,22,27)(H2,20,23,24)/t12-/m0/s1. The Morgan fingerprint density at radius 1 is 1.31 bits per heavy atom. The lowest BCUT2D eigenvalue weighted by molar-refractivity contribution is -0.103. The Morgan fingerprint density at radius 3 is 2.83 bits per heavy atom. The van der Waals surface area contributed by atoms with Crippen molar-refractivity contribution < 1.29 is 9.63 Å². The molecule has 0 spiro atoms. The highest BCUT2D eigenvalue weighted by molar-refractivity contribution is 7.16. The van der Waals surface area contributed by atoms with Crippen molar-refractivity contribution in [3.63, 3.8) is 0 Å². The van der Waals surface area contributed by atoms with Crippen LogP contribution >= 0.6 is 11.3 Å². The van der Waals surface area contributed by atoms with Crippen LogP contribution in [0.4, 0.5) is 22.2 Å². The van der Waals surface area contributed by atoms with Crippen LogP contribution in [0.3, 0.4) is 0 Å². The van der Waals surface area contributed by atoms with Gasteiger partial charge in [0.05, 0.1) is 18.6 Å². The number of nitrogens with one attached hydrogen (secondary N) is 1. The quantitative estimate of drug-likeness (QED) is 0.672. The van der Waals surface area contributed by atoms with E-state index in [1.54, 1.807) is 10.6 Å². The Hall–Kier alpha value is -2.98. The number of carbonyl (C=O) groups is 1. The zero-order chi connectivity index (χ0) is 20.4. The first-order valence-electron chi connectivity index (χ1n) is 9.49. The summed E-state index contributed by atoms with van der Waals surface area (Å²) in [6, 6.07) is 7.78. The molecule has 3 N–H and O–H groups in total. The number of aryl methyl sites for hydroxylation is 1. The number of hydroxylamine groups is 2. The number of anilines is 3. The number of amides is 1. The Labute approximate surface area is 172 Å². The van der Waals surface area contributed by atoms with Crippen LogP contribution in [0.1, 0.15) is 19.4 Å². The van der Waals surface area contributed by atoms with Crippen LogP contribution < -0.4 is 16.0 Å². The third-order valence-electron chi connectivity index (χ3n) is 4.88. The van der Waals surface area contributed by atoms with Crippen LogP contribution in [0, 0.1) is 0 Å². The van der Waals surface area contributed by atoms with Crippen LogP contribution in [0.15, 0.2) is 29.8 Å². The topological polar surface area (TPSA) is 110 Å². The molecule has 1 aliphatic heterocycles. The Balaban J connectivity index is 1.38. The van der Waals surface area contributed by atoms with Crippen LogP contribution in [0.5, 0.6) is 0 Å². The number of piperazine rings is 1. The summed E-state index contributed by atoms with van der Waals surface area (Å²) in [4.78, 5) is 33.6. The molecule has 4 rings (SSSR count). The molecule has 0 saturated carbocycles. The van der Waals surface area contributed by atoms with Gasteiger partial charge < -0.3 is 15.5 Å². The molecule has 0 radical (unpaired) electrons. The van der Waals surface area contributed by atoms with E-state index in [0.29, 0.717) is 25.3 Å². The van der Waals surface area contributed by atoms with E-state index in [-0.39, 0.29) is 12.0 Å². The smallest absolute Gasteiger partial charge is 0.368 e. The second-order valence-electron chi connectivity index (χ2n) is 6.90. The van der Waals surface area contributed by atoms with E-state index in [1.807, 2.05) is 31.2 Å². The number of carbonyl (C=O) groups excluding carboxylic acids is 1. The van der Waals surface area contributed by atoms with Crippen molar-refractivity contribution in [2.24, 2.45) is 0 Å². The number of rotatable bonds is 4. The fourth-order valence-electron chi connectivity index (χ4n) is 3.37. The minimum atomic E-state index is -0.497. The molecule has 3 heterocycles. The predicted octanol–water partition coefficient (Wildman–Crippen LogP) is 2.91. The molecule has 0 bridgehead atoms. The number of aromatic nitrogens is 3. The summed E-state index contributed by atoms with van der Waals surface area (Å²) >= 11 is 1.44. The zero-order valence-corrected chi connectivity index (χ0v) is 17.1. The summed E-state index contributed by atoms with van der Waals surface area (Å²) in [6.45, 7) is 5.85. The fourth-order valence-corrected chi connectivity index (χ4v) is 4.03. The van der Waals surface area contributed by atoms with Gasteiger partial charge in [0.25, 0.3) is 0 Å². The van der Waals surface area contributed by atoms with Crippen molar-refractivity contribution in [2.75, 3.05) is 35.6 Å². The first kappa shape index (κ1) is 19.3. The van der Waals surface area contributed by atoms with Gasteiger partial charge in [-0.25, -0.2) is 14.8 Å². The summed E-state index contributed by atoms with van der Waals surface area (Å²) < 4.78 is 0. The molecule has 9 nitrogen and oxygen atoms in total. The van der Waals surface area contributed by atoms with Crippen molar-refractivity contribution in [1.82, 2.24) is 20.0 Å². The molecular formula is C19H23N7O2S. The predicted molar refractivity (Wildman–Crippen MR) is 114 cm³/mol. The van der Waals surface area contributed by atoms with Gasteiger partial charge in [0.2, 0.25) is 5.95 Å². The summed E-state index contributed by atoms with van der Waals surface area (Å²) in [5.41, 5.74) is 10.3. The number of hydrogen-bond donors (Lipinski definition) is 2. The fraction of sp³-hybridized carbons (Fsp3) is 0.368. The van der Waals surface area contributed by atoms with Gasteiger partial charge in [-0.1, -0.05) is 19.1 Å². The number of benzene rings is 1. The van der Waals surface area contributed by atoms with E-state index < -0.39 is 6.09 Å². The molecule has 1 saturated heterocycles. The SMILES string of the molecule is CCc1ccc(NC(=O)ON2CCN(c3nc(N)nc4scnc34)[C@@H](C)C2)cc1. The van der Waals surface area contributed by atoms with Crippen LogP contribution in [0.2, 0.25) is 0 Å². The number of nitrogen functional groups attached to an aromatic ring is 1. The number of fused-ring (bicyclic) bond motifs is 1. The number of nitrogens with two attached hydrogens (primary N) is 1. The van der Waals surface area contributed by atoms with Gasteiger partial charge in [0.1, 0.15) is 5.52 Å². The van der Waals surface area contributed by atoms with Gasteiger partial charge in [-0.15, -0.1) is 16.4 Å². The van der Waals surface area contributed by atoms with Gasteiger partial charge in [-0.2, -0.15) is 4.98 Å². The lowest BCUT2D eigenvalue weighted by Crippen LogP contribution is -2.53. The van der Waals surface area contributed by atoms with Crippen molar-refractivity contribution >= 4 is 45.2 Å². The average Bonchev–Trinajstić information content (AvgIpc) is 3.16. The van der Waals surface area contributed by atoms with Gasteiger partial charge >= 0.3 is 6.09 Å². The maximum absolute atomic E-state index is 12.2. The minimum Gasteiger partial charge on any atom is -0.368 e. The van der Waals surface area contributed by atoms with Gasteiger partial charge in [-0.3, -0.25) is 5.32 Å². The molecule has 29 heavy (non-hydrogen) atoms. The van der Waals surface area contributed by atoms with Gasteiger partial charge in [0.15, 0.2) is 10.6 Å². The first-order valence-corrected chi connectivity index (χ1v) is 10.4. The van der Waals surface area contributed by atoms with Crippen LogP contribution in [-0.2, 0) is 11.3 Å². The Kier molecular flexibility index (Phi) is 5.45. The monoisotopic (exact) mass is 413 g/mol. The molecule has 152 valence electrons. The number of thiazole rings is 1. The van der Waals surface area contributed by atoms with E-state index in [9.17, 15) is 4.79 Å². The summed E-state index contributed by atoms with van der Waals surface area (Å²) in [6.07, 6.45) is 0.459. The summed E-state index contributed by atoms with van der Waals surface area (Å²) in [5.74, 6) is 0.956. The van der Waals surface area contributed by atoms with E-state index in [4.69, 9.17) is 10.6 Å². The molecule has 2 aromatic heterocycles. The average molecular weight is 414 g/mol. The van der Waals surface area contributed by atoms with Crippen molar-refractivity contribution in [3.05, 3.63) is 35.3 Å². The van der Waals surface area contributed by atoms with Gasteiger partial charge in [-0.05, 0) is 31.0 Å². The third-order valence-corrected chi connectivity index (χ3v) is 5.60. The Bertz CT molecular complexity index is 1010. The van der Waals surface area contributed by atoms with Crippen molar-refractivity contribution in [2.45, 2.75) is 26.3 Å². The highest BCUT2D eigenvalue weighted by Gasteiger charge is 2.29. The second-order valence-corrected chi connectivity index (χ2v) is 7.73. The van der Waals surface area contributed by atoms with Crippen LogP contribution in [0.25, 0.3) is 10.3 Å². The van der Waals surface area contributed by atoms with Gasteiger partial charge in [0, 0.05) is 18.3 Å². The van der Waals surface area contributed by atoms with E-state index in [1.165, 1.54) is 16.9 Å². The molecule has 1 aliphatic rings. The normalized spacial score (nSPS) is 17.4. The third kappa shape index (κ3) is 4.22. The van der Waals surface area contributed by atoms with E-state index in [0.717, 1.165) is 22.6 Å². The van der Waals surface area contributed by atoms with E-state index >= 15 is 0 Å². The first-order chi connectivity index (χ1) is 14.0. The van der Waals surface area contributed by atoms with Crippen molar-refractivity contribution in [3.8, 4) is 0 Å². The van der Waals surface area contributed by atoms with Crippen molar-refractivity contribution in [1.29, 1.82) is 0 Å². The highest BCUT2D eigenvalue weighted by atomic mass is 32.1. The number of hydrogen-bond acceptors (Lipinski definition) is 9. The molecule has 3 aromatic rings.